The second-order valence-corrected chi connectivity index (χ2v) is 16.8. The molecule has 5 rings (SSSR count). The van der Waals surface area contributed by atoms with E-state index < -0.39 is 6.04 Å². The number of benzene rings is 2. The molecule has 8 heteroatoms. The number of ether oxygens (including phenoxy) is 1. The number of hydrogen-bond donors (Lipinski definition) is 0. The number of rotatable bonds is 25. The van der Waals surface area contributed by atoms with Gasteiger partial charge in [0.15, 0.2) is 0 Å². The van der Waals surface area contributed by atoms with Crippen LogP contribution < -0.4 is 9.80 Å². The molecule has 1 saturated heterocycles. The quantitative estimate of drug-likeness (QED) is 0.0636. The van der Waals surface area contributed by atoms with Crippen molar-refractivity contribution in [3.8, 4) is 0 Å². The van der Waals surface area contributed by atoms with Crippen molar-refractivity contribution in [3.63, 3.8) is 0 Å². The van der Waals surface area contributed by atoms with Gasteiger partial charge in [-0.05, 0) is 60.0 Å². The lowest BCUT2D eigenvalue weighted by molar-refractivity contribution is -0.143. The van der Waals surface area contributed by atoms with Crippen molar-refractivity contribution in [2.75, 3.05) is 49.6 Å². The van der Waals surface area contributed by atoms with Crippen LogP contribution in [0.2, 0.25) is 0 Å². The maximum Gasteiger partial charge on any atom is 0.328 e. The normalized spacial score (nSPS) is 15.6. The van der Waals surface area contributed by atoms with E-state index >= 15 is 0 Å². The highest BCUT2D eigenvalue weighted by molar-refractivity contribution is 7.17. The first-order valence-corrected chi connectivity index (χ1v) is 22.5. The molecule has 1 aromatic heterocycles. The number of nitrogens with zero attached hydrogens (tertiary/aromatic N) is 3. The van der Waals surface area contributed by atoms with Gasteiger partial charge in [0.25, 0.3) is 0 Å². The number of esters is 1. The molecule has 1 fully saturated rings. The number of hydrogen-bond acceptors (Lipinski definition) is 6. The number of thiophene rings is 1. The lowest BCUT2D eigenvalue weighted by Crippen LogP contribution is -2.48. The molecule has 0 bridgehead atoms. The molecular formula is C46H68FN3O3S. The molecule has 2 aliphatic rings. The first-order chi connectivity index (χ1) is 26.5. The van der Waals surface area contributed by atoms with Crippen molar-refractivity contribution in [1.82, 2.24) is 4.90 Å². The number of piperazine rings is 1. The maximum atomic E-state index is 14.3. The summed E-state index contributed by atoms with van der Waals surface area (Å²) in [6.45, 7) is 6.76. The summed E-state index contributed by atoms with van der Waals surface area (Å²) < 4.78 is 20.6. The number of halogens is 1. The topological polar surface area (TPSA) is 53.1 Å². The molecule has 2 aliphatic heterocycles. The lowest BCUT2D eigenvalue weighted by Gasteiger charge is -2.37. The zero-order chi connectivity index (χ0) is 38.0. The summed E-state index contributed by atoms with van der Waals surface area (Å²) >= 11 is 1.59. The minimum absolute atomic E-state index is 0.0191. The monoisotopic (exact) mass is 761 g/mol. The molecule has 2 aromatic carbocycles. The predicted molar refractivity (Wildman–Crippen MR) is 226 cm³/mol. The molecule has 0 aliphatic carbocycles. The van der Waals surface area contributed by atoms with E-state index in [9.17, 15) is 14.0 Å². The second-order valence-electron chi connectivity index (χ2n) is 15.9. The van der Waals surface area contributed by atoms with Crippen molar-refractivity contribution in [1.29, 1.82) is 0 Å². The average Bonchev–Trinajstić information content (AvgIpc) is 3.66. The molecule has 298 valence electrons. The standard InChI is InChI=1S/C46H68FN3O3S/c1-3-4-5-6-7-8-9-10-11-12-13-14-15-16-17-18-19-20-21-41(46(52)53-2)50-42-34-37(22-23-38(42)24-25-45(50)51)26-28-48-29-31-49(32-30-48)43-35-39(47)36-44-40(43)27-33-54-44/h22-23,27,33-36,41H,3-21,24-26,28-32H2,1-2H3. The van der Waals surface area contributed by atoms with E-state index in [1.165, 1.54) is 115 Å². The number of carbonyl (C=O) groups excluding carboxylic acids is 2. The Hall–Kier alpha value is -2.97. The zero-order valence-corrected chi connectivity index (χ0v) is 34.4. The fourth-order valence-electron chi connectivity index (χ4n) is 8.55. The summed E-state index contributed by atoms with van der Waals surface area (Å²) in [5, 5.41) is 3.17. The van der Waals surface area contributed by atoms with E-state index in [4.69, 9.17) is 4.74 Å². The summed E-state index contributed by atoms with van der Waals surface area (Å²) in [6.07, 6.45) is 26.4. The Balaban J connectivity index is 1.01. The van der Waals surface area contributed by atoms with Gasteiger partial charge in [-0.2, -0.15) is 0 Å². The van der Waals surface area contributed by atoms with Crippen LogP contribution in [0, 0.1) is 5.82 Å². The highest BCUT2D eigenvalue weighted by Gasteiger charge is 2.35. The Bertz CT molecular complexity index is 1570. The number of carbonyl (C=O) groups is 2. The molecule has 0 spiro atoms. The van der Waals surface area contributed by atoms with Gasteiger partial charge in [0.2, 0.25) is 5.91 Å². The Morgan fingerprint density at radius 3 is 1.98 bits per heavy atom. The molecule has 0 radical (unpaired) electrons. The molecule has 3 aromatic rings. The Morgan fingerprint density at radius 2 is 1.37 bits per heavy atom. The van der Waals surface area contributed by atoms with Gasteiger partial charge < -0.3 is 9.64 Å². The summed E-state index contributed by atoms with van der Waals surface area (Å²) in [7, 11) is 1.44. The Labute approximate surface area is 329 Å². The maximum absolute atomic E-state index is 14.3. The van der Waals surface area contributed by atoms with E-state index in [0.717, 1.165) is 79.0 Å². The van der Waals surface area contributed by atoms with Crippen LogP contribution in [0.15, 0.2) is 41.8 Å². The number of fused-ring (bicyclic) bond motifs is 2. The SMILES string of the molecule is CCCCCCCCCCCCCCCCCCCCC(C(=O)OC)N1C(=O)CCc2ccc(CCN3CCN(c4cc(F)cc5sccc45)CC3)cc21. The van der Waals surface area contributed by atoms with Gasteiger partial charge >= 0.3 is 5.97 Å². The van der Waals surface area contributed by atoms with Gasteiger partial charge in [-0.1, -0.05) is 135 Å². The van der Waals surface area contributed by atoms with Crippen LogP contribution in [0.5, 0.6) is 0 Å². The summed E-state index contributed by atoms with van der Waals surface area (Å²) in [4.78, 5) is 33.1. The average molecular weight is 762 g/mol. The molecule has 6 nitrogen and oxygen atoms in total. The zero-order valence-electron chi connectivity index (χ0n) is 33.6. The van der Waals surface area contributed by atoms with E-state index in [1.807, 2.05) is 5.38 Å². The van der Waals surface area contributed by atoms with E-state index in [2.05, 4.69) is 41.0 Å². The van der Waals surface area contributed by atoms with Gasteiger partial charge in [-0.15, -0.1) is 11.3 Å². The first-order valence-electron chi connectivity index (χ1n) is 21.6. The summed E-state index contributed by atoms with van der Waals surface area (Å²) in [6, 6.07) is 11.3. The van der Waals surface area contributed by atoms with Crippen LogP contribution >= 0.6 is 11.3 Å². The summed E-state index contributed by atoms with van der Waals surface area (Å²) in [5.74, 6) is -0.470. The molecule has 1 amide bonds. The molecule has 3 heterocycles. The van der Waals surface area contributed by atoms with Crippen molar-refractivity contribution >= 4 is 44.7 Å². The van der Waals surface area contributed by atoms with E-state index in [-0.39, 0.29) is 17.7 Å². The van der Waals surface area contributed by atoms with Crippen LogP contribution in [-0.4, -0.2) is 62.7 Å². The summed E-state index contributed by atoms with van der Waals surface area (Å²) in [5.41, 5.74) is 4.19. The first kappa shape index (κ1) is 42.2. The largest absolute Gasteiger partial charge is 0.467 e. The predicted octanol–water partition coefficient (Wildman–Crippen LogP) is 11.7. The van der Waals surface area contributed by atoms with Crippen molar-refractivity contribution in [3.05, 3.63) is 58.7 Å². The molecule has 0 N–H and O–H groups in total. The number of unbranched alkanes of at least 4 members (excludes halogenated alkanes) is 17. The molecule has 0 saturated carbocycles. The Kier molecular flexibility index (Phi) is 18.1. The van der Waals surface area contributed by atoms with Gasteiger partial charge in [0.05, 0.1) is 7.11 Å². The van der Waals surface area contributed by atoms with E-state index in [0.29, 0.717) is 19.3 Å². The van der Waals surface area contributed by atoms with Crippen molar-refractivity contribution in [2.45, 2.75) is 154 Å². The van der Waals surface area contributed by atoms with Crippen molar-refractivity contribution in [2.24, 2.45) is 0 Å². The van der Waals surface area contributed by atoms with Crippen LogP contribution in [0.25, 0.3) is 10.1 Å². The van der Waals surface area contributed by atoms with Gasteiger partial charge in [-0.25, -0.2) is 9.18 Å². The van der Waals surface area contributed by atoms with Gasteiger partial charge in [0.1, 0.15) is 11.9 Å². The third-order valence-corrected chi connectivity index (χ3v) is 12.7. The van der Waals surface area contributed by atoms with Crippen LogP contribution in [-0.2, 0) is 27.2 Å². The fourth-order valence-corrected chi connectivity index (χ4v) is 9.38. The minimum Gasteiger partial charge on any atom is -0.467 e. The number of methoxy groups -OCH3 is 1. The number of aryl methyl sites for hydroxylation is 1. The third-order valence-electron chi connectivity index (χ3n) is 11.8. The fraction of sp³-hybridized carbons (Fsp3) is 0.652. The van der Waals surface area contributed by atoms with Crippen molar-refractivity contribution < 1.29 is 18.7 Å². The second kappa shape index (κ2) is 23.2. The third kappa shape index (κ3) is 12.8. The highest BCUT2D eigenvalue weighted by Crippen LogP contribution is 2.34. The molecular weight excluding hydrogens is 694 g/mol. The van der Waals surface area contributed by atoms with Crippen LogP contribution in [0.1, 0.15) is 146 Å². The van der Waals surface area contributed by atoms with Crippen LogP contribution in [0.3, 0.4) is 0 Å². The molecule has 1 unspecified atom stereocenters. The number of amides is 1. The smallest absolute Gasteiger partial charge is 0.328 e. The molecule has 1 atom stereocenters. The highest BCUT2D eigenvalue weighted by atomic mass is 32.1. The number of anilines is 2. The van der Waals surface area contributed by atoms with Gasteiger partial charge in [-0.3, -0.25) is 14.6 Å². The van der Waals surface area contributed by atoms with Gasteiger partial charge in [0, 0.05) is 60.6 Å². The molecule has 54 heavy (non-hydrogen) atoms. The Morgan fingerprint density at radius 1 is 0.759 bits per heavy atom. The van der Waals surface area contributed by atoms with E-state index in [1.54, 1.807) is 28.4 Å². The van der Waals surface area contributed by atoms with Crippen LogP contribution in [0.4, 0.5) is 15.8 Å². The minimum atomic E-state index is -0.580. The lowest BCUT2D eigenvalue weighted by atomic mass is 9.95.